The van der Waals surface area contributed by atoms with Crippen LogP contribution in [-0.2, 0) is 11.3 Å². The maximum atomic E-state index is 13.3. The van der Waals surface area contributed by atoms with Crippen LogP contribution in [0, 0.1) is 11.2 Å². The highest BCUT2D eigenvalue weighted by Gasteiger charge is 2.34. The standard InChI is InChI=1S/C22H29FN4O3/c1-2-24-21(27-15-22(8-10-28)9-11-29-16-22)26-14-17-6-7-20(25-13-17)30-19-5-3-4-18(23)12-19/h3-7,12-13,28H,2,8-11,14-16H2,1H3,(H2,24,26,27). The molecule has 0 saturated carbocycles. The predicted octanol–water partition coefficient (Wildman–Crippen LogP) is 2.86. The Morgan fingerprint density at radius 3 is 2.90 bits per heavy atom. The number of aliphatic imine (C=N–C) groups is 1. The van der Waals surface area contributed by atoms with Crippen LogP contribution in [0.4, 0.5) is 4.39 Å². The SMILES string of the molecule is CCNC(=NCc1ccc(Oc2cccc(F)c2)nc1)NCC1(CCO)CCOC1. The fraction of sp³-hybridized carbons (Fsp3) is 0.455. The molecular weight excluding hydrogens is 387 g/mol. The number of benzene rings is 1. The Balaban J connectivity index is 1.57. The number of nitrogens with zero attached hydrogens (tertiary/aromatic N) is 2. The lowest BCUT2D eigenvalue weighted by atomic mass is 9.84. The number of aromatic nitrogens is 1. The minimum atomic E-state index is -0.355. The van der Waals surface area contributed by atoms with Gasteiger partial charge in [0, 0.05) is 50.0 Å². The summed E-state index contributed by atoms with van der Waals surface area (Å²) < 4.78 is 24.4. The number of aliphatic hydroxyl groups is 1. The third-order valence-electron chi connectivity index (χ3n) is 5.04. The van der Waals surface area contributed by atoms with E-state index in [1.165, 1.54) is 12.1 Å². The molecule has 8 heteroatoms. The van der Waals surface area contributed by atoms with Gasteiger partial charge in [0.05, 0.1) is 13.2 Å². The number of hydrogen-bond donors (Lipinski definition) is 3. The van der Waals surface area contributed by atoms with Gasteiger partial charge in [0.2, 0.25) is 5.88 Å². The van der Waals surface area contributed by atoms with E-state index in [-0.39, 0.29) is 17.8 Å². The molecule has 2 aromatic rings. The number of pyridine rings is 1. The van der Waals surface area contributed by atoms with Gasteiger partial charge in [0.15, 0.2) is 5.96 Å². The summed E-state index contributed by atoms with van der Waals surface area (Å²) in [5.41, 5.74) is 0.871. The van der Waals surface area contributed by atoms with Crippen LogP contribution in [0.25, 0.3) is 0 Å². The van der Waals surface area contributed by atoms with Gasteiger partial charge in [0.25, 0.3) is 0 Å². The number of ether oxygens (including phenoxy) is 2. The van der Waals surface area contributed by atoms with E-state index in [4.69, 9.17) is 9.47 Å². The Kier molecular flexibility index (Phi) is 7.98. The van der Waals surface area contributed by atoms with Gasteiger partial charge in [-0.15, -0.1) is 0 Å². The molecule has 7 nitrogen and oxygen atoms in total. The second-order valence-electron chi connectivity index (χ2n) is 7.39. The summed E-state index contributed by atoms with van der Waals surface area (Å²) in [7, 11) is 0. The second kappa shape index (κ2) is 10.9. The predicted molar refractivity (Wildman–Crippen MR) is 113 cm³/mol. The minimum Gasteiger partial charge on any atom is -0.439 e. The summed E-state index contributed by atoms with van der Waals surface area (Å²) in [4.78, 5) is 8.89. The number of halogens is 1. The summed E-state index contributed by atoms with van der Waals surface area (Å²) in [6, 6.07) is 9.56. The van der Waals surface area contributed by atoms with Gasteiger partial charge >= 0.3 is 0 Å². The van der Waals surface area contributed by atoms with Crippen molar-refractivity contribution < 1.29 is 19.0 Å². The van der Waals surface area contributed by atoms with Gasteiger partial charge in [-0.2, -0.15) is 0 Å². The highest BCUT2D eigenvalue weighted by atomic mass is 19.1. The minimum absolute atomic E-state index is 0.0532. The van der Waals surface area contributed by atoms with Crippen LogP contribution in [0.15, 0.2) is 47.6 Å². The van der Waals surface area contributed by atoms with E-state index < -0.39 is 0 Å². The molecule has 1 aliphatic rings. The molecule has 0 spiro atoms. The summed E-state index contributed by atoms with van der Waals surface area (Å²) in [6.45, 7) is 5.42. The molecule has 1 aliphatic heterocycles. The van der Waals surface area contributed by atoms with Crippen LogP contribution >= 0.6 is 0 Å². The Morgan fingerprint density at radius 1 is 1.33 bits per heavy atom. The zero-order valence-electron chi connectivity index (χ0n) is 17.2. The zero-order valence-corrected chi connectivity index (χ0v) is 17.2. The lowest BCUT2D eigenvalue weighted by Gasteiger charge is -2.27. The Morgan fingerprint density at radius 2 is 2.23 bits per heavy atom. The number of nitrogens with one attached hydrogen (secondary N) is 2. The first-order valence-electron chi connectivity index (χ1n) is 10.2. The van der Waals surface area contributed by atoms with E-state index in [1.54, 1.807) is 24.4 Å². The largest absolute Gasteiger partial charge is 0.439 e. The van der Waals surface area contributed by atoms with Crippen molar-refractivity contribution in [1.82, 2.24) is 15.6 Å². The third-order valence-corrected chi connectivity index (χ3v) is 5.04. The molecule has 3 N–H and O–H groups in total. The maximum Gasteiger partial charge on any atom is 0.219 e. The average Bonchev–Trinajstić information content (AvgIpc) is 3.20. The fourth-order valence-electron chi connectivity index (χ4n) is 3.31. The van der Waals surface area contributed by atoms with Crippen molar-refractivity contribution in [3.05, 3.63) is 54.0 Å². The smallest absolute Gasteiger partial charge is 0.219 e. The number of guanidine groups is 1. The van der Waals surface area contributed by atoms with Crippen LogP contribution in [0.3, 0.4) is 0 Å². The van der Waals surface area contributed by atoms with Crippen LogP contribution in [-0.4, -0.2) is 49.0 Å². The van der Waals surface area contributed by atoms with Crippen LogP contribution in [0.1, 0.15) is 25.3 Å². The molecule has 1 fully saturated rings. The molecule has 1 saturated heterocycles. The molecule has 1 aromatic heterocycles. The van der Waals surface area contributed by atoms with E-state index in [9.17, 15) is 9.50 Å². The quantitative estimate of drug-likeness (QED) is 0.430. The van der Waals surface area contributed by atoms with Gasteiger partial charge in [-0.1, -0.05) is 12.1 Å². The molecule has 1 aromatic carbocycles. The summed E-state index contributed by atoms with van der Waals surface area (Å²) in [5.74, 6) is 1.15. The number of rotatable bonds is 9. The highest BCUT2D eigenvalue weighted by Crippen LogP contribution is 2.31. The first-order chi connectivity index (χ1) is 14.6. The van der Waals surface area contributed by atoms with E-state index in [1.807, 2.05) is 13.0 Å². The monoisotopic (exact) mass is 416 g/mol. The third kappa shape index (κ3) is 6.40. The first-order valence-corrected chi connectivity index (χ1v) is 10.2. The van der Waals surface area contributed by atoms with Crippen molar-refractivity contribution in [2.45, 2.75) is 26.3 Å². The van der Waals surface area contributed by atoms with Gasteiger partial charge in [0.1, 0.15) is 11.6 Å². The summed E-state index contributed by atoms with van der Waals surface area (Å²) >= 11 is 0. The Bertz CT molecular complexity index is 823. The lowest BCUT2D eigenvalue weighted by molar-refractivity contribution is 0.127. The first kappa shape index (κ1) is 22.0. The fourth-order valence-corrected chi connectivity index (χ4v) is 3.31. The van der Waals surface area contributed by atoms with Crippen molar-refractivity contribution in [2.24, 2.45) is 10.4 Å². The van der Waals surface area contributed by atoms with Crippen molar-refractivity contribution >= 4 is 5.96 Å². The number of hydrogen-bond acceptors (Lipinski definition) is 5. The molecule has 3 rings (SSSR count). The Labute approximate surface area is 176 Å². The van der Waals surface area contributed by atoms with Gasteiger partial charge in [-0.3, -0.25) is 0 Å². The molecule has 0 radical (unpaired) electrons. The van der Waals surface area contributed by atoms with E-state index >= 15 is 0 Å². The zero-order chi connectivity index (χ0) is 21.2. The van der Waals surface area contributed by atoms with E-state index in [0.29, 0.717) is 43.7 Å². The molecular formula is C22H29FN4O3. The van der Waals surface area contributed by atoms with Gasteiger partial charge < -0.3 is 25.2 Å². The Hall–Kier alpha value is -2.71. The molecule has 0 aliphatic carbocycles. The molecule has 1 atom stereocenters. The van der Waals surface area contributed by atoms with E-state index in [2.05, 4.69) is 20.6 Å². The topological polar surface area (TPSA) is 88.0 Å². The molecule has 30 heavy (non-hydrogen) atoms. The highest BCUT2D eigenvalue weighted by molar-refractivity contribution is 5.79. The summed E-state index contributed by atoms with van der Waals surface area (Å²) in [6.07, 6.45) is 3.33. The van der Waals surface area contributed by atoms with Crippen LogP contribution in [0.2, 0.25) is 0 Å². The molecule has 0 bridgehead atoms. The molecule has 162 valence electrons. The molecule has 1 unspecified atom stereocenters. The lowest BCUT2D eigenvalue weighted by Crippen LogP contribution is -2.44. The van der Waals surface area contributed by atoms with Crippen molar-refractivity contribution in [2.75, 3.05) is 32.9 Å². The normalized spacial score (nSPS) is 19.0. The number of aliphatic hydroxyl groups excluding tert-OH is 1. The maximum absolute atomic E-state index is 13.3. The van der Waals surface area contributed by atoms with E-state index in [0.717, 1.165) is 25.1 Å². The summed E-state index contributed by atoms with van der Waals surface area (Å²) in [5, 5.41) is 16.0. The molecule has 2 heterocycles. The van der Waals surface area contributed by atoms with Gasteiger partial charge in [-0.05, 0) is 37.5 Å². The van der Waals surface area contributed by atoms with Crippen molar-refractivity contribution in [3.63, 3.8) is 0 Å². The van der Waals surface area contributed by atoms with Crippen LogP contribution < -0.4 is 15.4 Å². The van der Waals surface area contributed by atoms with Gasteiger partial charge in [-0.25, -0.2) is 14.4 Å². The average molecular weight is 416 g/mol. The molecule has 0 amide bonds. The van der Waals surface area contributed by atoms with Crippen molar-refractivity contribution in [1.29, 1.82) is 0 Å². The van der Waals surface area contributed by atoms with Crippen LogP contribution in [0.5, 0.6) is 11.6 Å². The van der Waals surface area contributed by atoms with Crippen molar-refractivity contribution in [3.8, 4) is 11.6 Å². The second-order valence-corrected chi connectivity index (χ2v) is 7.39.